The van der Waals surface area contributed by atoms with Crippen LogP contribution in [0, 0.1) is 6.92 Å². The molecule has 16 heavy (non-hydrogen) atoms. The van der Waals surface area contributed by atoms with Gasteiger partial charge in [0.2, 0.25) is 0 Å². The highest BCUT2D eigenvalue weighted by Gasteiger charge is 2.09. The zero-order chi connectivity index (χ0) is 11.4. The van der Waals surface area contributed by atoms with E-state index in [0.29, 0.717) is 12.2 Å². The number of aryl methyl sites for hydroxylation is 1. The molecule has 0 bridgehead atoms. The second kappa shape index (κ2) is 4.86. The average molecular weight is 214 g/mol. The molecule has 1 aromatic heterocycles. The SMILES string of the molecule is Cc1ccnc(CC(O)c2ccccc2)n1. The summed E-state index contributed by atoms with van der Waals surface area (Å²) in [5.74, 6) is 0.677. The molecule has 82 valence electrons. The quantitative estimate of drug-likeness (QED) is 0.850. The van der Waals surface area contributed by atoms with Crippen LogP contribution in [0.2, 0.25) is 0 Å². The van der Waals surface area contributed by atoms with Crippen LogP contribution >= 0.6 is 0 Å². The monoisotopic (exact) mass is 214 g/mol. The fourth-order valence-electron chi connectivity index (χ4n) is 1.57. The summed E-state index contributed by atoms with van der Waals surface area (Å²) >= 11 is 0. The van der Waals surface area contributed by atoms with Gasteiger partial charge >= 0.3 is 0 Å². The van der Waals surface area contributed by atoms with Crippen LogP contribution in [0.4, 0.5) is 0 Å². The molecule has 3 nitrogen and oxygen atoms in total. The van der Waals surface area contributed by atoms with E-state index in [0.717, 1.165) is 11.3 Å². The number of aliphatic hydroxyl groups is 1. The maximum atomic E-state index is 9.98. The van der Waals surface area contributed by atoms with E-state index in [1.807, 2.05) is 43.3 Å². The van der Waals surface area contributed by atoms with Gasteiger partial charge < -0.3 is 5.11 Å². The smallest absolute Gasteiger partial charge is 0.131 e. The lowest BCUT2D eigenvalue weighted by molar-refractivity contribution is 0.176. The van der Waals surface area contributed by atoms with Gasteiger partial charge in [-0.3, -0.25) is 0 Å². The summed E-state index contributed by atoms with van der Waals surface area (Å²) in [5, 5.41) is 9.98. The van der Waals surface area contributed by atoms with Crippen LogP contribution in [0.15, 0.2) is 42.6 Å². The van der Waals surface area contributed by atoms with Gasteiger partial charge in [0.25, 0.3) is 0 Å². The number of benzene rings is 1. The van der Waals surface area contributed by atoms with Crippen LogP contribution in [0.25, 0.3) is 0 Å². The molecule has 0 saturated carbocycles. The van der Waals surface area contributed by atoms with Crippen LogP contribution in [-0.2, 0) is 6.42 Å². The molecule has 0 aliphatic rings. The Hall–Kier alpha value is -1.74. The third kappa shape index (κ3) is 2.64. The second-order valence-electron chi connectivity index (χ2n) is 3.74. The maximum absolute atomic E-state index is 9.98. The van der Waals surface area contributed by atoms with E-state index < -0.39 is 6.10 Å². The van der Waals surface area contributed by atoms with Crippen LogP contribution in [0.3, 0.4) is 0 Å². The van der Waals surface area contributed by atoms with Crippen molar-refractivity contribution >= 4 is 0 Å². The van der Waals surface area contributed by atoms with Gasteiger partial charge in [-0.2, -0.15) is 0 Å². The predicted octanol–water partition coefficient (Wildman–Crippen LogP) is 2.06. The molecule has 1 unspecified atom stereocenters. The summed E-state index contributed by atoms with van der Waals surface area (Å²) in [6.07, 6.45) is 1.63. The maximum Gasteiger partial charge on any atom is 0.131 e. The summed E-state index contributed by atoms with van der Waals surface area (Å²) in [4.78, 5) is 8.40. The molecule has 1 aromatic carbocycles. The summed E-state index contributed by atoms with van der Waals surface area (Å²) in [5.41, 5.74) is 1.82. The molecule has 1 atom stereocenters. The summed E-state index contributed by atoms with van der Waals surface area (Å²) in [6.45, 7) is 1.92. The van der Waals surface area contributed by atoms with E-state index >= 15 is 0 Å². The Kier molecular flexibility index (Phi) is 3.27. The van der Waals surface area contributed by atoms with Crippen molar-refractivity contribution < 1.29 is 5.11 Å². The number of hydrogen-bond acceptors (Lipinski definition) is 3. The molecule has 0 aliphatic carbocycles. The molecule has 0 saturated heterocycles. The van der Waals surface area contributed by atoms with Crippen LogP contribution < -0.4 is 0 Å². The zero-order valence-electron chi connectivity index (χ0n) is 9.17. The molecule has 0 radical (unpaired) electrons. The van der Waals surface area contributed by atoms with Crippen molar-refractivity contribution in [3.05, 3.63) is 59.7 Å². The second-order valence-corrected chi connectivity index (χ2v) is 3.74. The normalized spacial score (nSPS) is 12.4. The third-order valence-electron chi connectivity index (χ3n) is 2.40. The predicted molar refractivity (Wildman–Crippen MR) is 61.9 cm³/mol. The van der Waals surface area contributed by atoms with Gasteiger partial charge in [-0.05, 0) is 18.6 Å². The van der Waals surface area contributed by atoms with Gasteiger partial charge in [-0.15, -0.1) is 0 Å². The largest absolute Gasteiger partial charge is 0.388 e. The van der Waals surface area contributed by atoms with E-state index in [4.69, 9.17) is 0 Å². The van der Waals surface area contributed by atoms with Crippen molar-refractivity contribution in [1.29, 1.82) is 0 Å². The number of aliphatic hydroxyl groups excluding tert-OH is 1. The highest BCUT2D eigenvalue weighted by Crippen LogP contribution is 2.15. The van der Waals surface area contributed by atoms with Crippen LogP contribution in [0.1, 0.15) is 23.2 Å². The molecule has 0 aliphatic heterocycles. The lowest BCUT2D eigenvalue weighted by Crippen LogP contribution is -2.05. The number of nitrogens with zero attached hydrogens (tertiary/aromatic N) is 2. The highest BCUT2D eigenvalue weighted by molar-refractivity contribution is 5.18. The van der Waals surface area contributed by atoms with Crippen molar-refractivity contribution in [1.82, 2.24) is 9.97 Å². The number of hydrogen-bond donors (Lipinski definition) is 1. The summed E-state index contributed by atoms with van der Waals surface area (Å²) in [6, 6.07) is 11.4. The topological polar surface area (TPSA) is 46.0 Å². The first-order valence-electron chi connectivity index (χ1n) is 5.27. The molecule has 0 spiro atoms. The van der Waals surface area contributed by atoms with Gasteiger partial charge in [-0.1, -0.05) is 30.3 Å². The molecule has 1 N–H and O–H groups in total. The molecule has 1 heterocycles. The lowest BCUT2D eigenvalue weighted by atomic mass is 10.1. The third-order valence-corrected chi connectivity index (χ3v) is 2.40. The minimum atomic E-state index is -0.539. The summed E-state index contributed by atoms with van der Waals surface area (Å²) in [7, 11) is 0. The zero-order valence-corrected chi connectivity index (χ0v) is 9.17. The molecule has 2 aromatic rings. The molecular formula is C13H14N2O. The van der Waals surface area contributed by atoms with E-state index in [2.05, 4.69) is 9.97 Å². The first-order valence-corrected chi connectivity index (χ1v) is 5.27. The molecule has 0 fully saturated rings. The van der Waals surface area contributed by atoms with E-state index in [-0.39, 0.29) is 0 Å². The number of aromatic nitrogens is 2. The van der Waals surface area contributed by atoms with Gasteiger partial charge in [0.05, 0.1) is 6.10 Å². The van der Waals surface area contributed by atoms with Gasteiger partial charge in [-0.25, -0.2) is 9.97 Å². The van der Waals surface area contributed by atoms with Crippen molar-refractivity contribution in [2.24, 2.45) is 0 Å². The van der Waals surface area contributed by atoms with Gasteiger partial charge in [0.15, 0.2) is 0 Å². The Morgan fingerprint density at radius 1 is 1.19 bits per heavy atom. The Labute approximate surface area is 94.8 Å². The van der Waals surface area contributed by atoms with Crippen molar-refractivity contribution in [3.63, 3.8) is 0 Å². The fraction of sp³-hybridized carbons (Fsp3) is 0.231. The Morgan fingerprint density at radius 3 is 2.62 bits per heavy atom. The molecule has 0 amide bonds. The Morgan fingerprint density at radius 2 is 1.94 bits per heavy atom. The van der Waals surface area contributed by atoms with Gasteiger partial charge in [0.1, 0.15) is 5.82 Å². The van der Waals surface area contributed by atoms with E-state index in [1.54, 1.807) is 6.20 Å². The lowest BCUT2D eigenvalue weighted by Gasteiger charge is -2.09. The minimum absolute atomic E-state index is 0.450. The Bertz CT molecular complexity index is 456. The van der Waals surface area contributed by atoms with Crippen molar-refractivity contribution in [2.75, 3.05) is 0 Å². The molecule has 2 rings (SSSR count). The van der Waals surface area contributed by atoms with Crippen LogP contribution in [0.5, 0.6) is 0 Å². The minimum Gasteiger partial charge on any atom is -0.388 e. The first kappa shape index (κ1) is 10.8. The van der Waals surface area contributed by atoms with E-state index in [1.165, 1.54) is 0 Å². The highest BCUT2D eigenvalue weighted by atomic mass is 16.3. The summed E-state index contributed by atoms with van der Waals surface area (Å²) < 4.78 is 0. The Balaban J connectivity index is 2.11. The van der Waals surface area contributed by atoms with E-state index in [9.17, 15) is 5.11 Å². The number of rotatable bonds is 3. The molecule has 3 heteroatoms. The van der Waals surface area contributed by atoms with Crippen molar-refractivity contribution in [2.45, 2.75) is 19.4 Å². The van der Waals surface area contributed by atoms with Crippen molar-refractivity contribution in [3.8, 4) is 0 Å². The first-order chi connectivity index (χ1) is 7.75. The van der Waals surface area contributed by atoms with Crippen LogP contribution in [-0.4, -0.2) is 15.1 Å². The molecular weight excluding hydrogens is 200 g/mol. The fourth-order valence-corrected chi connectivity index (χ4v) is 1.57. The average Bonchev–Trinajstić information content (AvgIpc) is 2.30. The van der Waals surface area contributed by atoms with Gasteiger partial charge in [0, 0.05) is 18.3 Å². The standard InChI is InChI=1S/C13H14N2O/c1-10-7-8-14-13(15-10)9-12(16)11-5-3-2-4-6-11/h2-8,12,16H,9H2,1H3.